The van der Waals surface area contributed by atoms with Crippen molar-refractivity contribution < 1.29 is 0 Å². The standard InChI is InChI=1S/C14H16I2S3/c1-5-11(18-10(4)15)13-8-7-12(19-13)9(3)17-14(16)6-2/h6-8,11H,3-5H2,1-2H3/b14-6-. The van der Waals surface area contributed by atoms with E-state index in [4.69, 9.17) is 0 Å². The van der Waals surface area contributed by atoms with Crippen LogP contribution in [0.4, 0.5) is 0 Å². The van der Waals surface area contributed by atoms with Crippen LogP contribution in [0.5, 0.6) is 0 Å². The van der Waals surface area contributed by atoms with E-state index in [9.17, 15) is 0 Å². The van der Waals surface area contributed by atoms with Crippen molar-refractivity contribution in [2.75, 3.05) is 0 Å². The molecule has 1 aromatic rings. The molecule has 0 spiro atoms. The second-order valence-corrected chi connectivity index (χ2v) is 11.2. The van der Waals surface area contributed by atoms with Crippen LogP contribution in [0, 0.1) is 0 Å². The quantitative estimate of drug-likeness (QED) is 0.327. The second-order valence-electron chi connectivity index (χ2n) is 3.69. The highest BCUT2D eigenvalue weighted by atomic mass is 127. The van der Waals surface area contributed by atoms with Gasteiger partial charge in [-0.15, -0.1) is 23.1 Å². The maximum atomic E-state index is 4.17. The summed E-state index contributed by atoms with van der Waals surface area (Å²) in [6.45, 7) is 12.4. The van der Waals surface area contributed by atoms with Crippen LogP contribution in [0.1, 0.15) is 35.3 Å². The van der Waals surface area contributed by atoms with Gasteiger partial charge in [0.2, 0.25) is 0 Å². The molecule has 1 aromatic heterocycles. The molecule has 0 radical (unpaired) electrons. The SMILES string of the molecule is C=C(I)SC(CC)c1ccc(C(=C)S/C(I)=C\C)s1. The summed E-state index contributed by atoms with van der Waals surface area (Å²) >= 11 is 10.1. The second kappa shape index (κ2) is 9.17. The minimum Gasteiger partial charge on any atom is -0.139 e. The highest BCUT2D eigenvalue weighted by Crippen LogP contribution is 2.44. The Hall–Kier alpha value is 1.08. The molecule has 0 N–H and O–H groups in total. The summed E-state index contributed by atoms with van der Waals surface area (Å²) in [6.07, 6.45) is 3.23. The maximum absolute atomic E-state index is 4.17. The van der Waals surface area contributed by atoms with Crippen molar-refractivity contribution >= 4 is 84.9 Å². The van der Waals surface area contributed by atoms with Gasteiger partial charge in [0.05, 0.1) is 0 Å². The lowest BCUT2D eigenvalue weighted by molar-refractivity contribution is 0.917. The first-order chi connectivity index (χ1) is 8.97. The zero-order valence-electron chi connectivity index (χ0n) is 10.9. The maximum Gasteiger partial charge on any atom is 0.0464 e. The molecule has 19 heavy (non-hydrogen) atoms. The van der Waals surface area contributed by atoms with Crippen molar-refractivity contribution in [3.8, 4) is 0 Å². The minimum absolute atomic E-state index is 0.515. The number of allylic oxidation sites excluding steroid dienone is 1. The lowest BCUT2D eigenvalue weighted by atomic mass is 10.3. The van der Waals surface area contributed by atoms with Gasteiger partial charge in [0.1, 0.15) is 0 Å². The Morgan fingerprint density at radius 3 is 2.63 bits per heavy atom. The average Bonchev–Trinajstić information content (AvgIpc) is 2.84. The predicted octanol–water partition coefficient (Wildman–Crippen LogP) is 7.84. The molecule has 0 saturated carbocycles. The zero-order chi connectivity index (χ0) is 14.4. The highest BCUT2D eigenvalue weighted by Gasteiger charge is 2.14. The van der Waals surface area contributed by atoms with Gasteiger partial charge in [-0.1, -0.05) is 37.9 Å². The van der Waals surface area contributed by atoms with E-state index in [0.29, 0.717) is 5.25 Å². The number of thioether (sulfide) groups is 2. The van der Waals surface area contributed by atoms with E-state index in [1.54, 1.807) is 11.8 Å². The molecule has 1 unspecified atom stereocenters. The normalized spacial score (nSPS) is 13.4. The Morgan fingerprint density at radius 2 is 2.11 bits per heavy atom. The van der Waals surface area contributed by atoms with E-state index in [1.807, 2.05) is 23.1 Å². The largest absolute Gasteiger partial charge is 0.139 e. The molecular formula is C14H16I2S3. The number of hydrogen-bond donors (Lipinski definition) is 0. The van der Waals surface area contributed by atoms with Gasteiger partial charge in [-0.3, -0.25) is 0 Å². The molecule has 0 fully saturated rings. The molecule has 1 heterocycles. The Kier molecular flexibility index (Phi) is 8.75. The third-order valence-electron chi connectivity index (χ3n) is 2.31. The molecule has 1 rings (SSSR count). The van der Waals surface area contributed by atoms with Gasteiger partial charge in [-0.2, -0.15) is 0 Å². The van der Waals surface area contributed by atoms with Crippen LogP contribution >= 0.6 is 80.0 Å². The molecule has 0 aliphatic rings. The summed E-state index contributed by atoms with van der Waals surface area (Å²) < 4.78 is 2.41. The third kappa shape index (κ3) is 6.15. The fraction of sp³-hybridized carbons (Fsp3) is 0.286. The van der Waals surface area contributed by atoms with E-state index >= 15 is 0 Å². The van der Waals surface area contributed by atoms with Gasteiger partial charge in [0.25, 0.3) is 0 Å². The van der Waals surface area contributed by atoms with Crippen molar-refractivity contribution in [2.45, 2.75) is 25.5 Å². The van der Waals surface area contributed by atoms with Crippen LogP contribution in [0.2, 0.25) is 0 Å². The molecule has 0 aliphatic heterocycles. The smallest absolute Gasteiger partial charge is 0.0464 e. The van der Waals surface area contributed by atoms with Gasteiger partial charge in [0.15, 0.2) is 0 Å². The average molecular weight is 534 g/mol. The Morgan fingerprint density at radius 1 is 1.42 bits per heavy atom. The van der Waals surface area contributed by atoms with E-state index < -0.39 is 0 Å². The molecule has 0 aliphatic carbocycles. The zero-order valence-corrected chi connectivity index (χ0v) is 17.7. The summed E-state index contributed by atoms with van der Waals surface area (Å²) in [5, 5.41) is 0.515. The van der Waals surface area contributed by atoms with Crippen LogP contribution in [0.25, 0.3) is 4.91 Å². The van der Waals surface area contributed by atoms with E-state index in [0.717, 1.165) is 14.2 Å². The molecule has 0 saturated heterocycles. The number of rotatable bonds is 7. The fourth-order valence-electron chi connectivity index (χ4n) is 1.40. The van der Waals surface area contributed by atoms with Crippen LogP contribution in [-0.4, -0.2) is 0 Å². The van der Waals surface area contributed by atoms with Crippen molar-refractivity contribution in [3.05, 3.63) is 46.9 Å². The Balaban J connectivity index is 2.80. The molecule has 1 atom stereocenters. The first-order valence-electron chi connectivity index (χ1n) is 5.77. The molecular weight excluding hydrogens is 518 g/mol. The third-order valence-corrected chi connectivity index (χ3v) is 7.92. The number of thiophene rings is 1. The van der Waals surface area contributed by atoms with Crippen molar-refractivity contribution in [1.29, 1.82) is 0 Å². The molecule has 104 valence electrons. The van der Waals surface area contributed by atoms with Crippen molar-refractivity contribution in [2.24, 2.45) is 0 Å². The summed E-state index contributed by atoms with van der Waals surface area (Å²) in [5.41, 5.74) is 0. The molecule has 0 aromatic carbocycles. The van der Waals surface area contributed by atoms with Crippen LogP contribution in [0.3, 0.4) is 0 Å². The Bertz CT molecular complexity index is 489. The van der Waals surface area contributed by atoms with Crippen LogP contribution < -0.4 is 0 Å². The summed E-state index contributed by atoms with van der Waals surface area (Å²) in [6, 6.07) is 4.42. The van der Waals surface area contributed by atoms with E-state index in [2.05, 4.69) is 90.4 Å². The first-order valence-corrected chi connectivity index (χ1v) is 10.4. The summed E-state index contributed by atoms with van der Waals surface area (Å²) in [4.78, 5) is 3.82. The summed E-state index contributed by atoms with van der Waals surface area (Å²) in [5.74, 6) is 0. The number of halogens is 2. The van der Waals surface area contributed by atoms with Crippen LogP contribution in [0.15, 0.2) is 37.2 Å². The lowest BCUT2D eigenvalue weighted by Gasteiger charge is -2.11. The molecule has 0 bridgehead atoms. The van der Waals surface area contributed by atoms with Crippen molar-refractivity contribution in [3.63, 3.8) is 0 Å². The Labute approximate surface area is 155 Å². The minimum atomic E-state index is 0.515. The van der Waals surface area contributed by atoms with E-state index in [-0.39, 0.29) is 0 Å². The van der Waals surface area contributed by atoms with Gasteiger partial charge >= 0.3 is 0 Å². The molecule has 0 amide bonds. The monoisotopic (exact) mass is 534 g/mol. The van der Waals surface area contributed by atoms with Gasteiger partial charge in [-0.25, -0.2) is 0 Å². The molecule has 0 nitrogen and oxygen atoms in total. The van der Waals surface area contributed by atoms with Gasteiger partial charge in [-0.05, 0) is 70.7 Å². The van der Waals surface area contributed by atoms with Gasteiger partial charge in [0, 0.05) is 25.7 Å². The summed E-state index contributed by atoms with van der Waals surface area (Å²) in [7, 11) is 0. The lowest BCUT2D eigenvalue weighted by Crippen LogP contribution is -1.86. The van der Waals surface area contributed by atoms with Gasteiger partial charge < -0.3 is 0 Å². The highest BCUT2D eigenvalue weighted by molar-refractivity contribution is 14.1. The fourth-order valence-corrected chi connectivity index (χ4v) is 5.79. The van der Waals surface area contributed by atoms with Crippen LogP contribution in [-0.2, 0) is 0 Å². The topological polar surface area (TPSA) is 0 Å². The van der Waals surface area contributed by atoms with E-state index in [1.165, 1.54) is 12.7 Å². The molecule has 5 heteroatoms. The van der Waals surface area contributed by atoms with Crippen molar-refractivity contribution in [1.82, 2.24) is 0 Å². The predicted molar refractivity (Wildman–Crippen MR) is 113 cm³/mol. The first kappa shape index (κ1) is 18.1. The number of hydrogen-bond acceptors (Lipinski definition) is 3.